The molecule has 0 aromatic carbocycles. The van der Waals surface area contributed by atoms with E-state index in [0.29, 0.717) is 30.7 Å². The number of allylic oxidation sites excluding steroid dienone is 1. The fraction of sp³-hybridized carbons (Fsp3) is 0.860. The van der Waals surface area contributed by atoms with Crippen LogP contribution in [0.1, 0.15) is 139 Å². The van der Waals surface area contributed by atoms with E-state index >= 15 is 0 Å². The van der Waals surface area contributed by atoms with Gasteiger partial charge in [0.2, 0.25) is 0 Å². The molecule has 5 aliphatic carbocycles. The van der Waals surface area contributed by atoms with Crippen LogP contribution in [0.3, 0.4) is 0 Å². The Morgan fingerprint density at radius 2 is 1.58 bits per heavy atom. The summed E-state index contributed by atoms with van der Waals surface area (Å²) in [4.78, 5) is 54.8. The largest absolute Gasteiger partial charge is 0.481 e. The van der Waals surface area contributed by atoms with E-state index in [1.807, 2.05) is 0 Å². The number of carbonyl (C=O) groups excluding carboxylic acids is 3. The van der Waals surface area contributed by atoms with Crippen LogP contribution in [0, 0.1) is 56.7 Å². The molecule has 9 nitrogen and oxygen atoms in total. The van der Waals surface area contributed by atoms with Gasteiger partial charge in [-0.2, -0.15) is 0 Å². The number of aliphatic carboxylic acids is 1. The molecule has 0 spiro atoms. The Bertz CT molecular complexity index is 1490. The Balaban J connectivity index is 1.24. The van der Waals surface area contributed by atoms with Gasteiger partial charge in [-0.3, -0.25) is 14.4 Å². The van der Waals surface area contributed by atoms with Gasteiger partial charge in [0.1, 0.15) is 6.10 Å². The first kappa shape index (κ1) is 39.3. The fourth-order valence-electron chi connectivity index (χ4n) is 13.3. The number of carbonyl (C=O) groups is 4. The van der Waals surface area contributed by atoms with E-state index in [2.05, 4.69) is 71.0 Å². The zero-order valence-corrected chi connectivity index (χ0v) is 34.0. The fourth-order valence-corrected chi connectivity index (χ4v) is 13.3. The number of Topliss-reactive ketones (excluding diaryl/α,β-unsaturated/α-hetero) is 1. The average molecular weight is 724 g/mol. The molecule has 5 fully saturated rings. The molecule has 0 aromatic heterocycles. The molecule has 8 atom stereocenters. The van der Waals surface area contributed by atoms with Crippen LogP contribution >= 0.6 is 0 Å². The van der Waals surface area contributed by atoms with E-state index in [0.717, 1.165) is 82.9 Å². The van der Waals surface area contributed by atoms with Gasteiger partial charge in [-0.15, -0.1) is 0 Å². The lowest BCUT2D eigenvalue weighted by molar-refractivity contribution is -0.232. The van der Waals surface area contributed by atoms with Gasteiger partial charge >= 0.3 is 18.0 Å². The SMILES string of the molecule is CC(C)C1=C2[C@H]3CC[C@@H]4[C@@]5(C)CC[C@H](OC(=O)CC(C)(C)C(=O)O)C(C)(C)[C@@H]5CC[C@@]4(C)[C@]3(C)CC[C@@]2(NC(=O)NCC2CCN(C)CC2)CC1=O. The number of hydrogen-bond donors (Lipinski definition) is 3. The Morgan fingerprint density at radius 3 is 2.21 bits per heavy atom. The first-order valence-electron chi connectivity index (χ1n) is 20.6. The van der Waals surface area contributed by atoms with Crippen molar-refractivity contribution in [2.45, 2.75) is 151 Å². The van der Waals surface area contributed by atoms with Crippen LogP contribution in [0.5, 0.6) is 0 Å². The molecule has 3 N–H and O–H groups in total. The normalized spacial score (nSPS) is 39.2. The minimum atomic E-state index is -1.16. The van der Waals surface area contributed by atoms with Gasteiger partial charge < -0.3 is 25.4 Å². The quantitative estimate of drug-likeness (QED) is 0.219. The van der Waals surface area contributed by atoms with E-state index in [-0.39, 0.29) is 57.8 Å². The van der Waals surface area contributed by atoms with Crippen molar-refractivity contribution in [3.63, 3.8) is 0 Å². The van der Waals surface area contributed by atoms with Crippen molar-refractivity contribution in [1.82, 2.24) is 15.5 Å². The number of ether oxygens (including phenoxy) is 1. The number of nitrogens with zero attached hydrogens (tertiary/aromatic N) is 1. The average Bonchev–Trinajstić information content (AvgIpc) is 3.34. The number of urea groups is 1. The number of piperidine rings is 1. The number of hydrogen-bond acceptors (Lipinski definition) is 6. The van der Waals surface area contributed by atoms with E-state index < -0.39 is 22.9 Å². The summed E-state index contributed by atoms with van der Waals surface area (Å²) in [5.41, 5.74) is 0.309. The summed E-state index contributed by atoms with van der Waals surface area (Å²) in [6.45, 7) is 22.4. The summed E-state index contributed by atoms with van der Waals surface area (Å²) in [7, 11) is 2.16. The maximum absolute atomic E-state index is 14.0. The van der Waals surface area contributed by atoms with Crippen molar-refractivity contribution >= 4 is 23.8 Å². The Hall–Kier alpha value is -2.42. The molecule has 2 amide bonds. The number of carboxylic acid groups (broad SMARTS) is 1. The molecular weight excluding hydrogens is 654 g/mol. The summed E-state index contributed by atoms with van der Waals surface area (Å²) in [6.07, 6.45) is 9.94. The first-order valence-corrected chi connectivity index (χ1v) is 20.6. The lowest BCUT2D eigenvalue weighted by Crippen LogP contribution is -2.67. The predicted molar refractivity (Wildman–Crippen MR) is 202 cm³/mol. The Kier molecular flexibility index (Phi) is 10.1. The van der Waals surface area contributed by atoms with E-state index in [1.54, 1.807) is 13.8 Å². The predicted octanol–water partition coefficient (Wildman–Crippen LogP) is 7.77. The monoisotopic (exact) mass is 724 g/mol. The Labute approximate surface area is 313 Å². The molecule has 6 aliphatic rings. The number of esters is 1. The number of ketones is 1. The number of likely N-dealkylation sites (tertiary alicyclic amines) is 1. The molecule has 4 saturated carbocycles. The molecule has 1 saturated heterocycles. The summed E-state index contributed by atoms with van der Waals surface area (Å²) < 4.78 is 6.16. The molecule has 1 heterocycles. The van der Waals surface area contributed by atoms with Crippen LogP contribution in [-0.4, -0.2) is 72.1 Å². The Morgan fingerprint density at radius 1 is 0.904 bits per heavy atom. The highest BCUT2D eigenvalue weighted by molar-refractivity contribution is 6.02. The van der Waals surface area contributed by atoms with Crippen molar-refractivity contribution in [1.29, 1.82) is 0 Å². The molecular formula is C43H69N3O6. The van der Waals surface area contributed by atoms with Crippen molar-refractivity contribution in [2.75, 3.05) is 26.7 Å². The molecule has 0 unspecified atom stereocenters. The van der Waals surface area contributed by atoms with E-state index in [9.17, 15) is 24.3 Å². The minimum absolute atomic E-state index is 0.0182. The minimum Gasteiger partial charge on any atom is -0.481 e. The number of fused-ring (bicyclic) bond motifs is 7. The molecule has 6 rings (SSSR count). The van der Waals surface area contributed by atoms with Gasteiger partial charge in [0.25, 0.3) is 0 Å². The number of amides is 2. The molecule has 52 heavy (non-hydrogen) atoms. The third kappa shape index (κ3) is 6.24. The van der Waals surface area contributed by atoms with Crippen LogP contribution in [0.15, 0.2) is 11.1 Å². The van der Waals surface area contributed by atoms with Gasteiger partial charge in [-0.25, -0.2) is 4.79 Å². The van der Waals surface area contributed by atoms with Gasteiger partial charge in [-0.1, -0.05) is 48.5 Å². The molecule has 0 aromatic rings. The molecule has 0 radical (unpaired) electrons. The highest BCUT2D eigenvalue weighted by Crippen LogP contribution is 2.76. The second-order valence-corrected chi connectivity index (χ2v) is 20.6. The molecule has 9 heteroatoms. The maximum atomic E-state index is 14.0. The third-order valence-corrected chi connectivity index (χ3v) is 16.6. The summed E-state index contributed by atoms with van der Waals surface area (Å²) in [5, 5.41) is 16.3. The third-order valence-electron chi connectivity index (χ3n) is 16.6. The van der Waals surface area contributed by atoms with Crippen LogP contribution in [0.25, 0.3) is 0 Å². The summed E-state index contributed by atoms with van der Waals surface area (Å²) in [6, 6.07) is -0.128. The second-order valence-electron chi connectivity index (χ2n) is 20.6. The van der Waals surface area contributed by atoms with Crippen molar-refractivity contribution in [2.24, 2.45) is 56.7 Å². The van der Waals surface area contributed by atoms with Crippen LogP contribution < -0.4 is 10.6 Å². The van der Waals surface area contributed by atoms with E-state index in [1.165, 1.54) is 5.57 Å². The van der Waals surface area contributed by atoms with Gasteiger partial charge in [0.05, 0.1) is 17.4 Å². The van der Waals surface area contributed by atoms with Crippen molar-refractivity contribution in [3.8, 4) is 0 Å². The molecule has 292 valence electrons. The van der Waals surface area contributed by atoms with Crippen molar-refractivity contribution < 1.29 is 29.0 Å². The first-order chi connectivity index (χ1) is 24.1. The highest BCUT2D eigenvalue weighted by Gasteiger charge is 2.70. The molecule has 1 aliphatic heterocycles. The zero-order valence-electron chi connectivity index (χ0n) is 34.0. The van der Waals surface area contributed by atoms with Crippen molar-refractivity contribution in [3.05, 3.63) is 11.1 Å². The standard InChI is InChI=1S/C43H69N3O6/c1-26(2)34-29(47)23-43(45-37(51)44-25-27-15-21-46(10)22-16-27)20-19-41(8)28(35(34)43)11-12-31-40(7)17-14-32(52-33(48)24-38(3,4)36(49)50)39(5,6)30(40)13-18-42(31,41)9/h26-28,30-32H,11-25H2,1-10H3,(H,49,50)(H2,44,45,51)/t28-,30+,31-,32+,40+,41-,42-,43-/m1/s1. The van der Waals surface area contributed by atoms with Gasteiger partial charge in [0, 0.05) is 18.4 Å². The zero-order chi connectivity index (χ0) is 38.2. The second kappa shape index (κ2) is 13.4. The number of carboxylic acids is 1. The van der Waals surface area contributed by atoms with Crippen LogP contribution in [0.4, 0.5) is 4.79 Å². The highest BCUT2D eigenvalue weighted by atomic mass is 16.5. The number of nitrogens with one attached hydrogen (secondary N) is 2. The maximum Gasteiger partial charge on any atom is 0.315 e. The molecule has 0 bridgehead atoms. The summed E-state index contributed by atoms with van der Waals surface area (Å²) >= 11 is 0. The van der Waals surface area contributed by atoms with Gasteiger partial charge in [-0.05, 0) is 155 Å². The van der Waals surface area contributed by atoms with Gasteiger partial charge in [0.15, 0.2) is 5.78 Å². The lowest BCUT2D eigenvalue weighted by atomic mass is 9.33. The smallest absolute Gasteiger partial charge is 0.315 e. The summed E-state index contributed by atoms with van der Waals surface area (Å²) in [5.74, 6) is 0.498. The lowest BCUT2D eigenvalue weighted by Gasteiger charge is -2.72. The van der Waals surface area contributed by atoms with E-state index in [4.69, 9.17) is 4.74 Å². The number of rotatable bonds is 8. The topological polar surface area (TPSA) is 125 Å². The van der Waals surface area contributed by atoms with Crippen LogP contribution in [0.2, 0.25) is 0 Å². The van der Waals surface area contributed by atoms with Crippen LogP contribution in [-0.2, 0) is 19.1 Å².